The van der Waals surface area contributed by atoms with Crippen molar-refractivity contribution in [2.24, 2.45) is 0 Å². The number of fused-ring (bicyclic) bond motifs is 1. The molecule has 2 rings (SSSR count). The van der Waals surface area contributed by atoms with E-state index >= 15 is 0 Å². The highest BCUT2D eigenvalue weighted by Gasteiger charge is 2.27. The van der Waals surface area contributed by atoms with Crippen LogP contribution < -0.4 is 9.64 Å². The number of hydrogen-bond acceptors (Lipinski definition) is 3. The summed E-state index contributed by atoms with van der Waals surface area (Å²) in [6.07, 6.45) is 5.42. The van der Waals surface area contributed by atoms with Gasteiger partial charge in [0.15, 0.2) is 5.01 Å². The molecule has 4 nitrogen and oxygen atoms in total. The first-order chi connectivity index (χ1) is 10.8. The number of amides is 1. The maximum Gasteiger partial charge on any atom is 0.414 e. The van der Waals surface area contributed by atoms with E-state index in [1.807, 2.05) is 58.0 Å². The molecule has 23 heavy (non-hydrogen) atoms. The first-order valence-electron chi connectivity index (χ1n) is 7.87. The number of rotatable bonds is 3. The minimum absolute atomic E-state index is 0.156. The molecule has 0 saturated heterocycles. The summed E-state index contributed by atoms with van der Waals surface area (Å²) in [5, 5.41) is -0.156. The molecule has 1 heterocycles. The van der Waals surface area contributed by atoms with Crippen molar-refractivity contribution in [3.8, 4) is 5.75 Å². The van der Waals surface area contributed by atoms with Crippen molar-refractivity contribution >= 4 is 27.7 Å². The van der Waals surface area contributed by atoms with Crippen LogP contribution >= 0.6 is 15.9 Å². The van der Waals surface area contributed by atoms with E-state index in [1.54, 1.807) is 4.90 Å². The first kappa shape index (κ1) is 17.9. The van der Waals surface area contributed by atoms with Crippen molar-refractivity contribution in [2.75, 3.05) is 11.4 Å². The molecule has 0 fully saturated rings. The van der Waals surface area contributed by atoms with Gasteiger partial charge in [-0.3, -0.25) is 4.90 Å². The minimum atomic E-state index is -0.493. The molecule has 126 valence electrons. The number of anilines is 1. The van der Waals surface area contributed by atoms with Crippen LogP contribution in [0.15, 0.2) is 30.4 Å². The number of allylic oxidation sites excluding steroid dienone is 1. The molecular formula is C18H24BrNO3. The van der Waals surface area contributed by atoms with Crippen LogP contribution in [-0.2, 0) is 11.2 Å². The highest BCUT2D eigenvalue weighted by molar-refractivity contribution is 9.09. The van der Waals surface area contributed by atoms with Crippen molar-refractivity contribution < 1.29 is 14.3 Å². The third kappa shape index (κ3) is 4.99. The fraction of sp³-hybridized carbons (Fsp3) is 0.500. The summed E-state index contributed by atoms with van der Waals surface area (Å²) in [4.78, 5) is 14.1. The van der Waals surface area contributed by atoms with E-state index in [1.165, 1.54) is 0 Å². The summed E-state index contributed by atoms with van der Waals surface area (Å²) in [7, 11) is 0. The van der Waals surface area contributed by atoms with E-state index in [4.69, 9.17) is 9.47 Å². The van der Waals surface area contributed by atoms with Gasteiger partial charge in [-0.05, 0) is 86.3 Å². The zero-order valence-electron chi connectivity index (χ0n) is 14.1. The lowest BCUT2D eigenvalue weighted by atomic mass is 10.0. The number of alkyl halides is 1. The number of halogens is 1. The summed E-state index contributed by atoms with van der Waals surface area (Å²) in [6, 6.07) is 5.83. The van der Waals surface area contributed by atoms with Gasteiger partial charge in [0, 0.05) is 6.54 Å². The van der Waals surface area contributed by atoms with Gasteiger partial charge in [-0.15, -0.1) is 0 Å². The molecule has 0 N–H and O–H groups in total. The standard InChI is InChI=1S/C18H24BrNO3/c1-5-7-16(19)22-14-9-10-15-13(12-14)8-6-11-20(15)17(21)23-18(2,3)4/h5,7,9-10,12,16H,6,8,11H2,1-4H3. The van der Waals surface area contributed by atoms with Gasteiger partial charge in [0.2, 0.25) is 0 Å². The van der Waals surface area contributed by atoms with Crippen LogP contribution in [0.1, 0.15) is 39.7 Å². The van der Waals surface area contributed by atoms with E-state index in [0.717, 1.165) is 29.8 Å². The molecule has 5 heteroatoms. The van der Waals surface area contributed by atoms with Crippen LogP contribution in [0.2, 0.25) is 0 Å². The van der Waals surface area contributed by atoms with Crippen molar-refractivity contribution in [1.82, 2.24) is 0 Å². The second-order valence-corrected chi connectivity index (χ2v) is 7.42. The van der Waals surface area contributed by atoms with E-state index in [0.29, 0.717) is 6.54 Å². The molecule has 0 radical (unpaired) electrons. The smallest absolute Gasteiger partial charge is 0.414 e. The average Bonchev–Trinajstić information content (AvgIpc) is 2.44. The van der Waals surface area contributed by atoms with Crippen molar-refractivity contribution in [3.63, 3.8) is 0 Å². The third-order valence-corrected chi connectivity index (χ3v) is 3.87. The first-order valence-corrected chi connectivity index (χ1v) is 8.79. The van der Waals surface area contributed by atoms with Crippen molar-refractivity contribution in [3.05, 3.63) is 35.9 Å². The van der Waals surface area contributed by atoms with E-state index < -0.39 is 5.60 Å². The molecule has 0 aromatic heterocycles. The lowest BCUT2D eigenvalue weighted by Gasteiger charge is -2.32. The Morgan fingerprint density at radius 1 is 1.39 bits per heavy atom. The Kier molecular flexibility index (Phi) is 5.74. The molecule has 1 aromatic carbocycles. The SMILES string of the molecule is CC=CC(Br)Oc1ccc2c(c1)CCCN2C(=O)OC(C)(C)C. The Bertz CT molecular complexity index is 592. The summed E-state index contributed by atoms with van der Waals surface area (Å²) in [5.41, 5.74) is 1.53. The van der Waals surface area contributed by atoms with Crippen LogP contribution in [0.4, 0.5) is 10.5 Å². The van der Waals surface area contributed by atoms with Gasteiger partial charge in [-0.2, -0.15) is 0 Å². The van der Waals surface area contributed by atoms with Gasteiger partial charge < -0.3 is 9.47 Å². The average molecular weight is 382 g/mol. The quantitative estimate of drug-likeness (QED) is 0.543. The predicted molar refractivity (Wildman–Crippen MR) is 96.5 cm³/mol. The lowest BCUT2D eigenvalue weighted by Crippen LogP contribution is -2.39. The molecule has 1 unspecified atom stereocenters. The molecule has 0 spiro atoms. The number of benzene rings is 1. The summed E-state index contributed by atoms with van der Waals surface area (Å²) < 4.78 is 11.3. The monoisotopic (exact) mass is 381 g/mol. The van der Waals surface area contributed by atoms with E-state index in [2.05, 4.69) is 15.9 Å². The third-order valence-electron chi connectivity index (χ3n) is 3.38. The number of ether oxygens (including phenoxy) is 2. The van der Waals surface area contributed by atoms with Gasteiger partial charge in [-0.1, -0.05) is 6.08 Å². The molecule has 1 aliphatic heterocycles. The second kappa shape index (κ2) is 7.39. The number of carbonyl (C=O) groups is 1. The van der Waals surface area contributed by atoms with Gasteiger partial charge in [0.1, 0.15) is 11.4 Å². The molecule has 1 amide bonds. The zero-order valence-corrected chi connectivity index (χ0v) is 15.7. The van der Waals surface area contributed by atoms with Crippen LogP contribution in [0.5, 0.6) is 5.75 Å². The minimum Gasteiger partial charge on any atom is -0.475 e. The molecule has 1 aliphatic rings. The largest absolute Gasteiger partial charge is 0.475 e. The van der Waals surface area contributed by atoms with Crippen LogP contribution in [0.3, 0.4) is 0 Å². The van der Waals surface area contributed by atoms with Gasteiger partial charge in [0.05, 0.1) is 5.69 Å². The van der Waals surface area contributed by atoms with Crippen LogP contribution in [0.25, 0.3) is 0 Å². The molecule has 0 bridgehead atoms. The Balaban J connectivity index is 2.18. The van der Waals surface area contributed by atoms with Gasteiger partial charge in [-0.25, -0.2) is 4.79 Å². The normalized spacial score (nSPS) is 16.1. The Morgan fingerprint density at radius 3 is 2.78 bits per heavy atom. The van der Waals surface area contributed by atoms with Gasteiger partial charge >= 0.3 is 6.09 Å². The summed E-state index contributed by atoms with van der Waals surface area (Å²) >= 11 is 3.45. The van der Waals surface area contributed by atoms with Crippen molar-refractivity contribution in [2.45, 2.75) is 51.2 Å². The molecule has 1 aromatic rings. The Hall–Kier alpha value is -1.49. The van der Waals surface area contributed by atoms with E-state index in [-0.39, 0.29) is 11.1 Å². The lowest BCUT2D eigenvalue weighted by molar-refractivity contribution is 0.0578. The highest BCUT2D eigenvalue weighted by Crippen LogP contribution is 2.32. The second-order valence-electron chi connectivity index (χ2n) is 6.52. The maximum atomic E-state index is 12.4. The summed E-state index contributed by atoms with van der Waals surface area (Å²) in [6.45, 7) is 8.27. The van der Waals surface area contributed by atoms with Crippen LogP contribution in [-0.4, -0.2) is 23.3 Å². The maximum absolute atomic E-state index is 12.4. The van der Waals surface area contributed by atoms with Crippen LogP contribution in [0, 0.1) is 0 Å². The van der Waals surface area contributed by atoms with Gasteiger partial charge in [0.25, 0.3) is 0 Å². The predicted octanol–water partition coefficient (Wildman–Crippen LogP) is 5.05. The van der Waals surface area contributed by atoms with Crippen molar-refractivity contribution in [1.29, 1.82) is 0 Å². The number of hydrogen-bond donors (Lipinski definition) is 0. The Morgan fingerprint density at radius 2 is 2.13 bits per heavy atom. The molecule has 1 atom stereocenters. The number of aryl methyl sites for hydroxylation is 1. The number of carbonyl (C=O) groups excluding carboxylic acids is 1. The molecule has 0 aliphatic carbocycles. The fourth-order valence-electron chi connectivity index (χ4n) is 2.47. The van der Waals surface area contributed by atoms with E-state index in [9.17, 15) is 4.79 Å². The molecule has 0 saturated carbocycles. The Labute approximate surface area is 146 Å². The fourth-order valence-corrected chi connectivity index (χ4v) is 3.00. The number of nitrogens with zero attached hydrogens (tertiary/aromatic N) is 1. The summed E-state index contributed by atoms with van der Waals surface area (Å²) in [5.74, 6) is 0.787. The highest BCUT2D eigenvalue weighted by atomic mass is 79.9. The zero-order chi connectivity index (χ0) is 17.0. The molecular weight excluding hydrogens is 358 g/mol. The topological polar surface area (TPSA) is 38.8 Å².